The largest absolute Gasteiger partial charge is 0.481 e. The number of carbonyl (C=O) groups excluding carboxylic acids is 8. The van der Waals surface area contributed by atoms with Crippen molar-refractivity contribution in [3.05, 3.63) is 178 Å². The summed E-state index contributed by atoms with van der Waals surface area (Å²) >= 11 is 0. The molecule has 0 saturated carbocycles. The van der Waals surface area contributed by atoms with E-state index in [1.54, 1.807) is 112 Å². The summed E-state index contributed by atoms with van der Waals surface area (Å²) in [5.74, 6) is -6.33. The van der Waals surface area contributed by atoms with E-state index in [1.165, 1.54) is 30.3 Å². The highest BCUT2D eigenvalue weighted by Crippen LogP contribution is 2.30. The molecular formula is C59H63N5O14. The normalized spacial score (nSPS) is 11.9. The summed E-state index contributed by atoms with van der Waals surface area (Å²) in [5, 5.41) is 8.77. The van der Waals surface area contributed by atoms with Crippen LogP contribution in [0.4, 0.5) is 0 Å². The molecule has 0 fully saturated rings. The van der Waals surface area contributed by atoms with Gasteiger partial charge in [-0.05, 0) is 79.3 Å². The van der Waals surface area contributed by atoms with Gasteiger partial charge in [0.2, 0.25) is 12.3 Å². The zero-order chi connectivity index (χ0) is 55.8. The predicted molar refractivity (Wildman–Crippen MR) is 283 cm³/mol. The van der Waals surface area contributed by atoms with Crippen LogP contribution in [0.3, 0.4) is 0 Å². The fraction of sp³-hybridized carbons (Fsp3) is 0.305. The van der Waals surface area contributed by atoms with E-state index in [2.05, 4.69) is 20.9 Å². The number of amides is 4. The second-order valence-electron chi connectivity index (χ2n) is 18.0. The molecule has 0 aliphatic rings. The summed E-state index contributed by atoms with van der Waals surface area (Å²) in [7, 11) is 0. The number of furan rings is 1. The van der Waals surface area contributed by atoms with Crippen LogP contribution < -0.4 is 20.7 Å². The Hall–Kier alpha value is -9.13. The lowest BCUT2D eigenvalue weighted by atomic mass is 9.90. The van der Waals surface area contributed by atoms with E-state index >= 15 is 0 Å². The van der Waals surface area contributed by atoms with Gasteiger partial charge in [0.25, 0.3) is 11.8 Å². The molecule has 6 rings (SSSR count). The molecular weight excluding hydrogens is 1000 g/mol. The maximum Gasteiger partial charge on any atom is 0.365 e. The van der Waals surface area contributed by atoms with Crippen molar-refractivity contribution in [2.24, 2.45) is 5.92 Å². The van der Waals surface area contributed by atoms with E-state index in [0.717, 1.165) is 23.5 Å². The van der Waals surface area contributed by atoms with Crippen LogP contribution in [0.15, 0.2) is 138 Å². The van der Waals surface area contributed by atoms with E-state index in [1.807, 2.05) is 19.1 Å². The minimum atomic E-state index is -1.52. The smallest absolute Gasteiger partial charge is 0.365 e. The summed E-state index contributed by atoms with van der Waals surface area (Å²) in [6.45, 7) is 5.89. The first kappa shape index (κ1) is 58.1. The second kappa shape index (κ2) is 29.8. The Morgan fingerprint density at radius 3 is 1.94 bits per heavy atom. The van der Waals surface area contributed by atoms with Gasteiger partial charge < -0.3 is 44.2 Å². The Labute approximate surface area is 451 Å². The average molecular weight is 1070 g/mol. The van der Waals surface area contributed by atoms with E-state index in [9.17, 15) is 38.4 Å². The Bertz CT molecular complexity index is 2970. The van der Waals surface area contributed by atoms with Gasteiger partial charge in [0, 0.05) is 11.8 Å². The number of carbonyl (C=O) groups is 8. The van der Waals surface area contributed by atoms with Crippen LogP contribution in [0.1, 0.15) is 112 Å². The monoisotopic (exact) mass is 1070 g/mol. The molecule has 3 N–H and O–H groups in total. The van der Waals surface area contributed by atoms with Gasteiger partial charge in [0.1, 0.15) is 37.4 Å². The number of hydrogen-bond acceptors (Lipinski definition) is 15. The molecule has 2 aromatic heterocycles. The molecule has 0 radical (unpaired) electrons. The number of nitrogens with one attached hydrogen (secondary N) is 3. The van der Waals surface area contributed by atoms with Crippen molar-refractivity contribution in [2.75, 3.05) is 13.3 Å². The zero-order valence-electron chi connectivity index (χ0n) is 43.9. The van der Waals surface area contributed by atoms with Crippen LogP contribution >= 0.6 is 0 Å². The molecule has 19 nitrogen and oxygen atoms in total. The van der Waals surface area contributed by atoms with E-state index in [-0.39, 0.29) is 61.3 Å². The molecule has 2 heterocycles. The minimum Gasteiger partial charge on any atom is -0.481 e. The molecule has 408 valence electrons. The van der Waals surface area contributed by atoms with Crippen LogP contribution in [-0.2, 0) is 62.8 Å². The highest BCUT2D eigenvalue weighted by atomic mass is 16.7. The zero-order valence-corrected chi connectivity index (χ0v) is 43.9. The quantitative estimate of drug-likeness (QED) is 0.0100. The van der Waals surface area contributed by atoms with Gasteiger partial charge >= 0.3 is 23.9 Å². The summed E-state index contributed by atoms with van der Waals surface area (Å²) in [6, 6.07) is 33.1. The van der Waals surface area contributed by atoms with Crippen molar-refractivity contribution in [1.29, 1.82) is 0 Å². The van der Waals surface area contributed by atoms with Crippen molar-refractivity contribution >= 4 is 48.0 Å². The molecule has 0 aliphatic heterocycles. The summed E-state index contributed by atoms with van der Waals surface area (Å²) in [5.41, 5.74) is 3.48. The van der Waals surface area contributed by atoms with Gasteiger partial charge in [-0.25, -0.2) is 14.4 Å². The molecule has 6 aromatic rings. The summed E-state index contributed by atoms with van der Waals surface area (Å²) < 4.78 is 28.2. The lowest BCUT2D eigenvalue weighted by Gasteiger charge is -2.32. The van der Waals surface area contributed by atoms with Gasteiger partial charge in [-0.3, -0.25) is 29.0 Å². The first-order valence-corrected chi connectivity index (χ1v) is 25.5. The molecule has 3 atom stereocenters. The Morgan fingerprint density at radius 2 is 1.33 bits per heavy atom. The first-order valence-electron chi connectivity index (χ1n) is 25.5. The van der Waals surface area contributed by atoms with Crippen LogP contribution in [-0.4, -0.2) is 83.4 Å². The van der Waals surface area contributed by atoms with Gasteiger partial charge in [-0.15, -0.1) is 0 Å². The van der Waals surface area contributed by atoms with E-state index in [4.69, 9.17) is 28.2 Å². The standard InChI is InChI=1S/C59H63N5O14/c1-5-7-11-24-45(48(6-2)64(38-65)78-59(72)54-39(3)29-30-60-40(54)4)55(68)61-37-62-57(70)50-28-27-49(77-50)44-25-26-46(51(31-44)73-36-53(67)75-34-42-20-14-9-15-21-42)56(69)63-47(58(71)76-35-43-22-16-10-17-23-43)32-52(66)74-33-41-18-12-8-13-19-41/h8-10,12-23,25-31,38,45,47-48H,5-7,11,24,32-37H2,1-4H3,(H,61,68)(H,62,70)(H,63,69)/t45?,47?,48-/m1/s1. The maximum atomic E-state index is 14.2. The minimum absolute atomic E-state index is 0.0495. The molecule has 0 spiro atoms. The number of pyridine rings is 1. The number of rotatable bonds is 29. The Morgan fingerprint density at radius 1 is 0.705 bits per heavy atom. The van der Waals surface area contributed by atoms with Crippen molar-refractivity contribution in [1.82, 2.24) is 26.0 Å². The predicted octanol–water partition coefficient (Wildman–Crippen LogP) is 8.06. The number of aryl methyl sites for hydroxylation is 2. The van der Waals surface area contributed by atoms with Gasteiger partial charge in [-0.2, -0.15) is 5.06 Å². The third-order valence-electron chi connectivity index (χ3n) is 12.4. The highest BCUT2D eigenvalue weighted by Gasteiger charge is 2.34. The van der Waals surface area contributed by atoms with E-state index in [0.29, 0.717) is 47.2 Å². The van der Waals surface area contributed by atoms with Crippen LogP contribution in [0.5, 0.6) is 5.75 Å². The topological polar surface area (TPSA) is 248 Å². The molecule has 0 bridgehead atoms. The average Bonchev–Trinajstić information content (AvgIpc) is 3.99. The number of esters is 3. The summed E-state index contributed by atoms with van der Waals surface area (Å²) in [6.07, 6.45) is 4.26. The number of ether oxygens (including phenoxy) is 4. The highest BCUT2D eigenvalue weighted by molar-refractivity contribution is 6.00. The number of hydroxylamine groups is 2. The van der Waals surface area contributed by atoms with E-state index < -0.39 is 72.6 Å². The van der Waals surface area contributed by atoms with Gasteiger partial charge in [0.05, 0.1) is 41.9 Å². The molecule has 19 heteroatoms. The lowest BCUT2D eigenvalue weighted by Crippen LogP contribution is -2.49. The molecule has 2 unspecified atom stereocenters. The van der Waals surface area contributed by atoms with Crippen LogP contribution in [0.2, 0.25) is 0 Å². The van der Waals surface area contributed by atoms with Crippen molar-refractivity contribution in [2.45, 2.75) is 98.1 Å². The number of aromatic nitrogens is 1. The molecule has 0 saturated heterocycles. The molecule has 4 aromatic carbocycles. The third kappa shape index (κ3) is 17.2. The number of hydrogen-bond donors (Lipinski definition) is 3. The SMILES string of the molecule is CCCCCC(C(=O)NCNC(=O)c1ccc(-c2ccc(C(=O)NC(CC(=O)OCc3ccccc3)C(=O)OCc3ccccc3)c(OCC(=O)OCc3ccccc3)c2)o1)[C@@H](CC)N(C=O)OC(=O)c1c(C)ccnc1C. The maximum absolute atomic E-state index is 14.2. The fourth-order valence-corrected chi connectivity index (χ4v) is 8.23. The molecule has 0 aliphatic carbocycles. The number of nitrogens with zero attached hydrogens (tertiary/aromatic N) is 2. The first-order chi connectivity index (χ1) is 37.8. The van der Waals surface area contributed by atoms with Crippen molar-refractivity contribution in [3.8, 4) is 17.1 Å². The van der Waals surface area contributed by atoms with Crippen molar-refractivity contribution < 1.29 is 66.6 Å². The van der Waals surface area contributed by atoms with Gasteiger partial charge in [0.15, 0.2) is 12.4 Å². The lowest BCUT2D eigenvalue weighted by molar-refractivity contribution is -0.171. The Balaban J connectivity index is 1.16. The number of benzene rings is 4. The second-order valence-corrected chi connectivity index (χ2v) is 18.0. The Kier molecular flexibility index (Phi) is 22.2. The fourth-order valence-electron chi connectivity index (χ4n) is 8.23. The summed E-state index contributed by atoms with van der Waals surface area (Å²) in [4.78, 5) is 117. The molecule has 78 heavy (non-hydrogen) atoms. The van der Waals surface area contributed by atoms with Crippen LogP contribution in [0.25, 0.3) is 11.3 Å². The number of unbranched alkanes of at least 4 members (excludes halogenated alkanes) is 2. The van der Waals surface area contributed by atoms with Crippen LogP contribution in [0, 0.1) is 19.8 Å². The van der Waals surface area contributed by atoms with Crippen molar-refractivity contribution in [3.63, 3.8) is 0 Å². The molecule has 4 amide bonds. The van der Waals surface area contributed by atoms with Gasteiger partial charge in [-0.1, -0.05) is 130 Å². The third-order valence-corrected chi connectivity index (χ3v) is 12.4.